The standard InChI is InChI=1S/C22H32N4O6S2/c1-34-10-8-15(23)19(28)25-17(12-33)20(29)24-16(11-13-4-6-14(27)7-5-13)21(30)26-9-2-3-18(26)22(31)32/h4-7,15-18,27,33H,2-3,8-12,23H2,1H3,(H,24,29)(H,25,28)(H,31,32). The van der Waals surface area contributed by atoms with E-state index in [0.717, 1.165) is 0 Å². The molecule has 0 aromatic heterocycles. The van der Waals surface area contributed by atoms with Gasteiger partial charge in [-0.3, -0.25) is 14.4 Å². The van der Waals surface area contributed by atoms with Crippen LogP contribution in [0.1, 0.15) is 24.8 Å². The predicted molar refractivity (Wildman–Crippen MR) is 133 cm³/mol. The lowest BCUT2D eigenvalue weighted by Gasteiger charge is -2.29. The minimum absolute atomic E-state index is 0.0194. The number of phenolic OH excluding ortho intramolecular Hbond substituents is 1. The third-order valence-electron chi connectivity index (χ3n) is 5.60. The minimum Gasteiger partial charge on any atom is -0.508 e. The third-order valence-corrected chi connectivity index (χ3v) is 6.61. The van der Waals surface area contributed by atoms with Gasteiger partial charge in [-0.2, -0.15) is 24.4 Å². The predicted octanol–water partition coefficient (Wildman–Crippen LogP) is -0.00990. The largest absolute Gasteiger partial charge is 0.508 e. The molecule has 188 valence electrons. The van der Waals surface area contributed by atoms with Crippen LogP contribution in [0.4, 0.5) is 0 Å². The Labute approximate surface area is 208 Å². The number of hydrogen-bond acceptors (Lipinski definition) is 8. The van der Waals surface area contributed by atoms with Crippen molar-refractivity contribution in [1.82, 2.24) is 15.5 Å². The van der Waals surface area contributed by atoms with E-state index in [2.05, 4.69) is 23.3 Å². The molecular weight excluding hydrogens is 480 g/mol. The molecule has 1 saturated heterocycles. The van der Waals surface area contributed by atoms with Gasteiger partial charge in [0.2, 0.25) is 17.7 Å². The number of thiol groups is 1. The number of nitrogens with one attached hydrogen (secondary N) is 2. The first-order valence-corrected chi connectivity index (χ1v) is 13.0. The van der Waals surface area contributed by atoms with Crippen LogP contribution in [0, 0.1) is 0 Å². The topological polar surface area (TPSA) is 162 Å². The van der Waals surface area contributed by atoms with Crippen LogP contribution in [0.5, 0.6) is 5.75 Å². The number of aliphatic carboxylic acids is 1. The van der Waals surface area contributed by atoms with Crippen molar-refractivity contribution in [3.8, 4) is 5.75 Å². The van der Waals surface area contributed by atoms with E-state index in [1.165, 1.54) is 17.0 Å². The Bertz CT molecular complexity index is 869. The lowest BCUT2D eigenvalue weighted by Crippen LogP contribution is -2.58. The van der Waals surface area contributed by atoms with Crippen molar-refractivity contribution >= 4 is 48.1 Å². The number of likely N-dealkylation sites (tertiary alicyclic amines) is 1. The Morgan fingerprint density at radius 2 is 1.82 bits per heavy atom. The molecule has 1 fully saturated rings. The van der Waals surface area contributed by atoms with Crippen LogP contribution < -0.4 is 16.4 Å². The van der Waals surface area contributed by atoms with E-state index in [4.69, 9.17) is 5.73 Å². The Hall–Kier alpha value is -2.44. The number of carboxylic acid groups (broad SMARTS) is 1. The number of amides is 3. The van der Waals surface area contributed by atoms with Gasteiger partial charge in [0, 0.05) is 18.7 Å². The van der Waals surface area contributed by atoms with E-state index in [1.807, 2.05) is 6.26 Å². The van der Waals surface area contributed by atoms with E-state index in [1.54, 1.807) is 23.9 Å². The van der Waals surface area contributed by atoms with Crippen molar-refractivity contribution in [1.29, 1.82) is 0 Å². The zero-order valence-electron chi connectivity index (χ0n) is 19.0. The fraction of sp³-hybridized carbons (Fsp3) is 0.545. The molecule has 0 spiro atoms. The summed E-state index contributed by atoms with van der Waals surface area (Å²) < 4.78 is 0. The fourth-order valence-corrected chi connectivity index (χ4v) is 4.42. The summed E-state index contributed by atoms with van der Waals surface area (Å²) in [6.07, 6.45) is 3.31. The van der Waals surface area contributed by atoms with Crippen LogP contribution in [0.3, 0.4) is 0 Å². The molecule has 1 heterocycles. The molecule has 0 saturated carbocycles. The maximum atomic E-state index is 13.3. The second-order valence-electron chi connectivity index (χ2n) is 8.09. The zero-order valence-corrected chi connectivity index (χ0v) is 20.7. The number of rotatable bonds is 12. The molecule has 4 atom stereocenters. The van der Waals surface area contributed by atoms with E-state index < -0.39 is 47.9 Å². The van der Waals surface area contributed by atoms with Gasteiger partial charge >= 0.3 is 5.97 Å². The molecular formula is C22H32N4O6S2. The van der Waals surface area contributed by atoms with Crippen molar-refractivity contribution in [2.24, 2.45) is 5.73 Å². The Balaban J connectivity index is 2.17. The summed E-state index contributed by atoms with van der Waals surface area (Å²) in [4.78, 5) is 51.5. The average Bonchev–Trinajstić information content (AvgIpc) is 3.31. The maximum Gasteiger partial charge on any atom is 0.326 e. The first kappa shape index (κ1) is 27.8. The molecule has 0 aliphatic carbocycles. The molecule has 10 nitrogen and oxygen atoms in total. The molecule has 1 aromatic carbocycles. The van der Waals surface area contributed by atoms with Gasteiger partial charge in [-0.15, -0.1) is 0 Å². The second-order valence-corrected chi connectivity index (χ2v) is 9.44. The highest BCUT2D eigenvalue weighted by atomic mass is 32.2. The number of phenols is 1. The summed E-state index contributed by atoms with van der Waals surface area (Å²) >= 11 is 5.71. The molecule has 0 radical (unpaired) electrons. The number of aromatic hydroxyl groups is 1. The number of benzene rings is 1. The summed E-state index contributed by atoms with van der Waals surface area (Å²) in [5.74, 6) is -2.01. The SMILES string of the molecule is CSCCC(N)C(=O)NC(CS)C(=O)NC(Cc1ccc(O)cc1)C(=O)N1CCCC1C(=O)O. The zero-order chi connectivity index (χ0) is 25.3. The average molecular weight is 513 g/mol. The summed E-state index contributed by atoms with van der Waals surface area (Å²) in [7, 11) is 0. The van der Waals surface area contributed by atoms with Crippen LogP contribution in [0.25, 0.3) is 0 Å². The molecule has 6 N–H and O–H groups in total. The molecule has 0 bridgehead atoms. The Morgan fingerprint density at radius 1 is 1.18 bits per heavy atom. The number of carboxylic acids is 1. The number of nitrogens with two attached hydrogens (primary N) is 1. The first-order valence-electron chi connectivity index (χ1n) is 10.9. The number of carbonyl (C=O) groups is 4. The van der Waals surface area contributed by atoms with Crippen LogP contribution >= 0.6 is 24.4 Å². The van der Waals surface area contributed by atoms with Crippen molar-refractivity contribution in [3.05, 3.63) is 29.8 Å². The molecule has 12 heteroatoms. The molecule has 1 aliphatic heterocycles. The Morgan fingerprint density at radius 3 is 2.41 bits per heavy atom. The first-order chi connectivity index (χ1) is 16.2. The summed E-state index contributed by atoms with van der Waals surface area (Å²) in [6.45, 7) is 0.273. The van der Waals surface area contributed by atoms with Gasteiger partial charge < -0.3 is 31.5 Å². The maximum absolute atomic E-state index is 13.3. The van der Waals surface area contributed by atoms with Crippen molar-refractivity contribution in [2.75, 3.05) is 24.3 Å². The summed E-state index contributed by atoms with van der Waals surface area (Å²) in [5, 5.41) is 24.2. The lowest BCUT2D eigenvalue weighted by molar-refractivity contribution is -0.149. The van der Waals surface area contributed by atoms with Crippen LogP contribution in [0.15, 0.2) is 24.3 Å². The van der Waals surface area contributed by atoms with Gasteiger partial charge in [0.15, 0.2) is 0 Å². The Kier molecular flexibility index (Phi) is 11.0. The highest BCUT2D eigenvalue weighted by Crippen LogP contribution is 2.20. The molecule has 1 aromatic rings. The third kappa shape index (κ3) is 7.81. The number of nitrogens with zero attached hydrogens (tertiary/aromatic N) is 1. The fourth-order valence-electron chi connectivity index (χ4n) is 3.68. The van der Waals surface area contributed by atoms with E-state index in [0.29, 0.717) is 30.6 Å². The van der Waals surface area contributed by atoms with Gasteiger partial charge in [-0.1, -0.05) is 12.1 Å². The monoisotopic (exact) mass is 512 g/mol. The van der Waals surface area contributed by atoms with Crippen LogP contribution in [-0.2, 0) is 25.6 Å². The lowest BCUT2D eigenvalue weighted by atomic mass is 10.0. The quantitative estimate of drug-likeness (QED) is 0.213. The van der Waals surface area contributed by atoms with Gasteiger partial charge in [0.25, 0.3) is 0 Å². The molecule has 2 rings (SSSR count). The summed E-state index contributed by atoms with van der Waals surface area (Å²) in [6, 6.07) is 2.32. The minimum atomic E-state index is -1.10. The van der Waals surface area contributed by atoms with Gasteiger partial charge in [-0.25, -0.2) is 4.79 Å². The van der Waals surface area contributed by atoms with Gasteiger partial charge in [0.1, 0.15) is 23.9 Å². The van der Waals surface area contributed by atoms with Gasteiger partial charge in [-0.05, 0) is 49.0 Å². The normalized spacial score (nSPS) is 18.1. The van der Waals surface area contributed by atoms with Gasteiger partial charge in [0.05, 0.1) is 6.04 Å². The number of thioether (sulfide) groups is 1. The van der Waals surface area contributed by atoms with Crippen LogP contribution in [0.2, 0.25) is 0 Å². The molecule has 1 aliphatic rings. The van der Waals surface area contributed by atoms with Crippen molar-refractivity contribution in [3.63, 3.8) is 0 Å². The molecule has 4 unspecified atom stereocenters. The highest BCUT2D eigenvalue weighted by molar-refractivity contribution is 7.98. The van der Waals surface area contributed by atoms with E-state index in [9.17, 15) is 29.4 Å². The highest BCUT2D eigenvalue weighted by Gasteiger charge is 2.38. The molecule has 34 heavy (non-hydrogen) atoms. The van der Waals surface area contributed by atoms with E-state index >= 15 is 0 Å². The summed E-state index contributed by atoms with van der Waals surface area (Å²) in [5.41, 5.74) is 6.54. The number of carbonyl (C=O) groups excluding carboxylic acids is 3. The van der Waals surface area contributed by atoms with Crippen LogP contribution in [-0.4, -0.2) is 87.3 Å². The van der Waals surface area contributed by atoms with Crippen molar-refractivity contribution < 1.29 is 29.4 Å². The second kappa shape index (κ2) is 13.4. The van der Waals surface area contributed by atoms with Crippen molar-refractivity contribution in [2.45, 2.75) is 49.9 Å². The van der Waals surface area contributed by atoms with E-state index in [-0.39, 0.29) is 24.5 Å². The smallest absolute Gasteiger partial charge is 0.326 e. The molecule has 3 amide bonds. The number of hydrogen-bond donors (Lipinski definition) is 6.